The summed E-state index contributed by atoms with van der Waals surface area (Å²) >= 11 is 0. The molecule has 3 heterocycles. The highest BCUT2D eigenvalue weighted by Crippen LogP contribution is 2.26. The normalized spacial score (nSPS) is 15.1. The minimum absolute atomic E-state index is 0.279. The van der Waals surface area contributed by atoms with Gasteiger partial charge in [-0.25, -0.2) is 9.18 Å². The predicted molar refractivity (Wildman–Crippen MR) is 96.8 cm³/mol. The summed E-state index contributed by atoms with van der Waals surface area (Å²) in [6.45, 7) is 3.93. The van der Waals surface area contributed by atoms with E-state index in [-0.39, 0.29) is 11.7 Å². The first kappa shape index (κ1) is 21.7. The van der Waals surface area contributed by atoms with Gasteiger partial charge in [0.05, 0.1) is 11.2 Å². The second-order valence-corrected chi connectivity index (χ2v) is 6.63. The topological polar surface area (TPSA) is 106 Å². The van der Waals surface area contributed by atoms with Crippen molar-refractivity contribution in [2.75, 3.05) is 13.1 Å². The van der Waals surface area contributed by atoms with Crippen LogP contribution in [0.5, 0.6) is 0 Å². The SMILES string of the molecule is CCc1nn(-c2noc(C3CCNCC3)n2)c2cc(F)ccc12.O=C(O)C(F)(F)F. The highest BCUT2D eigenvalue weighted by Gasteiger charge is 2.38. The van der Waals surface area contributed by atoms with E-state index in [2.05, 4.69) is 20.6 Å². The van der Waals surface area contributed by atoms with Crippen LogP contribution in [-0.4, -0.2) is 50.3 Å². The molecule has 0 saturated carbocycles. The van der Waals surface area contributed by atoms with Crippen LogP contribution in [0.4, 0.5) is 17.6 Å². The first-order valence-corrected chi connectivity index (χ1v) is 9.22. The fourth-order valence-electron chi connectivity index (χ4n) is 3.11. The van der Waals surface area contributed by atoms with E-state index in [0.717, 1.165) is 43.4 Å². The van der Waals surface area contributed by atoms with Gasteiger partial charge >= 0.3 is 12.1 Å². The van der Waals surface area contributed by atoms with Crippen molar-refractivity contribution in [1.82, 2.24) is 25.2 Å². The lowest BCUT2D eigenvalue weighted by Gasteiger charge is -2.18. The third kappa shape index (κ3) is 4.75. The molecule has 1 fully saturated rings. The summed E-state index contributed by atoms with van der Waals surface area (Å²) < 4.78 is 52.4. The molecule has 4 rings (SSSR count). The number of piperidine rings is 1. The number of hydrogen-bond donors (Lipinski definition) is 2. The number of nitrogens with zero attached hydrogens (tertiary/aromatic N) is 4. The highest BCUT2D eigenvalue weighted by molar-refractivity contribution is 5.83. The largest absolute Gasteiger partial charge is 0.490 e. The number of fused-ring (bicyclic) bond motifs is 1. The molecule has 1 aliphatic rings. The summed E-state index contributed by atoms with van der Waals surface area (Å²) in [6, 6.07) is 4.66. The maximum absolute atomic E-state index is 13.6. The Balaban J connectivity index is 0.000000318. The van der Waals surface area contributed by atoms with Crippen LogP contribution < -0.4 is 5.32 Å². The zero-order valence-electron chi connectivity index (χ0n) is 15.9. The molecule has 0 spiro atoms. The third-order valence-electron chi connectivity index (χ3n) is 4.61. The molecular formula is C18H19F4N5O3. The van der Waals surface area contributed by atoms with Crippen molar-refractivity contribution in [2.45, 2.75) is 38.3 Å². The minimum Gasteiger partial charge on any atom is -0.475 e. The molecule has 30 heavy (non-hydrogen) atoms. The molecule has 2 N–H and O–H groups in total. The Morgan fingerprint density at radius 2 is 2.00 bits per heavy atom. The number of benzene rings is 1. The monoisotopic (exact) mass is 429 g/mol. The summed E-state index contributed by atoms with van der Waals surface area (Å²) in [5.74, 6) is -1.77. The van der Waals surface area contributed by atoms with Crippen molar-refractivity contribution in [3.8, 4) is 5.95 Å². The number of alkyl halides is 3. The quantitative estimate of drug-likeness (QED) is 0.616. The molecule has 1 aromatic carbocycles. The van der Waals surface area contributed by atoms with Gasteiger partial charge in [-0.15, -0.1) is 0 Å². The first-order valence-electron chi connectivity index (χ1n) is 9.22. The summed E-state index contributed by atoms with van der Waals surface area (Å²) in [7, 11) is 0. The minimum atomic E-state index is -5.08. The van der Waals surface area contributed by atoms with Gasteiger partial charge in [0.2, 0.25) is 5.89 Å². The van der Waals surface area contributed by atoms with E-state index in [1.54, 1.807) is 10.7 Å². The average molecular weight is 429 g/mol. The van der Waals surface area contributed by atoms with Crippen molar-refractivity contribution in [3.63, 3.8) is 0 Å². The number of rotatable bonds is 3. The van der Waals surface area contributed by atoms with Crippen LogP contribution in [0.1, 0.15) is 37.3 Å². The highest BCUT2D eigenvalue weighted by atomic mass is 19.4. The Labute approximate surface area is 167 Å². The second-order valence-electron chi connectivity index (χ2n) is 6.63. The molecule has 8 nitrogen and oxygen atoms in total. The zero-order valence-corrected chi connectivity index (χ0v) is 15.9. The molecule has 1 aliphatic heterocycles. The van der Waals surface area contributed by atoms with Gasteiger partial charge in [-0.2, -0.15) is 27.9 Å². The smallest absolute Gasteiger partial charge is 0.475 e. The van der Waals surface area contributed by atoms with Crippen LogP contribution in [0.2, 0.25) is 0 Å². The van der Waals surface area contributed by atoms with Crippen LogP contribution in [0.3, 0.4) is 0 Å². The molecule has 0 aliphatic carbocycles. The van der Waals surface area contributed by atoms with Crippen LogP contribution in [0.25, 0.3) is 16.9 Å². The van der Waals surface area contributed by atoms with Gasteiger partial charge in [0.25, 0.3) is 5.95 Å². The van der Waals surface area contributed by atoms with Gasteiger partial charge in [0.15, 0.2) is 0 Å². The average Bonchev–Trinajstić information content (AvgIpc) is 3.32. The van der Waals surface area contributed by atoms with E-state index >= 15 is 0 Å². The van der Waals surface area contributed by atoms with Crippen molar-refractivity contribution in [1.29, 1.82) is 0 Å². The van der Waals surface area contributed by atoms with Gasteiger partial charge < -0.3 is 14.9 Å². The molecule has 12 heteroatoms. The molecule has 2 aromatic heterocycles. The lowest BCUT2D eigenvalue weighted by atomic mass is 9.98. The van der Waals surface area contributed by atoms with E-state index in [1.807, 2.05) is 6.92 Å². The van der Waals surface area contributed by atoms with E-state index in [9.17, 15) is 17.6 Å². The Morgan fingerprint density at radius 1 is 1.33 bits per heavy atom. The summed E-state index contributed by atoms with van der Waals surface area (Å²) in [6.07, 6.45) is -2.36. The number of hydrogen-bond acceptors (Lipinski definition) is 6. The lowest BCUT2D eigenvalue weighted by Crippen LogP contribution is -2.26. The van der Waals surface area contributed by atoms with Gasteiger partial charge in [0, 0.05) is 17.4 Å². The maximum Gasteiger partial charge on any atom is 0.490 e. The first-order chi connectivity index (χ1) is 14.2. The fourth-order valence-corrected chi connectivity index (χ4v) is 3.11. The third-order valence-corrected chi connectivity index (χ3v) is 4.61. The number of carbonyl (C=O) groups is 1. The lowest BCUT2D eigenvalue weighted by molar-refractivity contribution is -0.192. The number of aliphatic carboxylic acids is 1. The van der Waals surface area contributed by atoms with Gasteiger partial charge in [-0.3, -0.25) is 0 Å². The number of aromatic nitrogens is 4. The van der Waals surface area contributed by atoms with E-state index in [0.29, 0.717) is 17.4 Å². The second kappa shape index (κ2) is 8.78. The van der Waals surface area contributed by atoms with Crippen LogP contribution in [-0.2, 0) is 11.2 Å². The molecule has 0 bridgehead atoms. The number of aryl methyl sites for hydroxylation is 1. The number of halogens is 4. The number of nitrogens with one attached hydrogen (secondary N) is 1. The summed E-state index contributed by atoms with van der Waals surface area (Å²) in [5.41, 5.74) is 1.56. The van der Waals surface area contributed by atoms with Crippen LogP contribution in [0.15, 0.2) is 22.7 Å². The molecule has 0 atom stereocenters. The standard InChI is InChI=1S/C16H18FN5O.C2HF3O2/c1-2-13-12-4-3-11(17)9-14(12)22(20-13)16-19-15(23-21-16)10-5-7-18-8-6-10;3-2(4,5)1(6)7/h3-4,9-10,18H,2,5-8H2,1H3;(H,6,7). The Bertz CT molecular complexity index is 1020. The van der Waals surface area contributed by atoms with Crippen molar-refractivity contribution < 1.29 is 32.0 Å². The molecule has 162 valence electrons. The maximum atomic E-state index is 13.6. The van der Waals surface area contributed by atoms with Crippen molar-refractivity contribution >= 4 is 16.9 Å². The predicted octanol–water partition coefficient (Wildman–Crippen LogP) is 3.21. The van der Waals surface area contributed by atoms with E-state index in [4.69, 9.17) is 14.4 Å². The van der Waals surface area contributed by atoms with Crippen molar-refractivity contribution in [3.05, 3.63) is 35.6 Å². The zero-order chi connectivity index (χ0) is 21.9. The molecule has 1 saturated heterocycles. The van der Waals surface area contributed by atoms with Crippen molar-refractivity contribution in [2.24, 2.45) is 0 Å². The number of carboxylic acids is 1. The number of carboxylic acid groups (broad SMARTS) is 1. The fraction of sp³-hybridized carbons (Fsp3) is 0.444. The Kier molecular flexibility index (Phi) is 6.34. The Morgan fingerprint density at radius 3 is 2.60 bits per heavy atom. The van der Waals surface area contributed by atoms with E-state index < -0.39 is 12.1 Å². The van der Waals surface area contributed by atoms with Crippen LogP contribution >= 0.6 is 0 Å². The van der Waals surface area contributed by atoms with E-state index in [1.165, 1.54) is 12.1 Å². The summed E-state index contributed by atoms with van der Waals surface area (Å²) in [5, 5.41) is 19.9. The summed E-state index contributed by atoms with van der Waals surface area (Å²) in [4.78, 5) is 13.4. The molecule has 0 radical (unpaired) electrons. The molecule has 0 unspecified atom stereocenters. The van der Waals surface area contributed by atoms with Gasteiger partial charge in [0.1, 0.15) is 5.82 Å². The molecule has 3 aromatic rings. The molecule has 0 amide bonds. The van der Waals surface area contributed by atoms with Crippen LogP contribution in [0, 0.1) is 5.82 Å². The molecular weight excluding hydrogens is 410 g/mol. The van der Waals surface area contributed by atoms with Gasteiger partial charge in [-0.05, 0) is 49.6 Å². The van der Waals surface area contributed by atoms with Gasteiger partial charge in [-0.1, -0.05) is 6.92 Å². The Hall–Kier alpha value is -3.02.